The molecule has 0 aliphatic carbocycles. The van der Waals surface area contributed by atoms with Crippen molar-refractivity contribution < 1.29 is 19.1 Å². The number of hydrogen-bond donors (Lipinski definition) is 2. The Balaban J connectivity index is 1.83. The van der Waals surface area contributed by atoms with Crippen LogP contribution in [0.15, 0.2) is 23.4 Å². The van der Waals surface area contributed by atoms with Crippen molar-refractivity contribution in [3.8, 4) is 0 Å². The van der Waals surface area contributed by atoms with Gasteiger partial charge in [-0.05, 0) is 12.1 Å². The Kier molecular flexibility index (Phi) is 4.83. The quantitative estimate of drug-likeness (QED) is 0.621. The maximum absolute atomic E-state index is 11.6. The molecule has 2 amide bonds. The molecule has 0 atom stereocenters. The van der Waals surface area contributed by atoms with Crippen molar-refractivity contribution in [3.63, 3.8) is 0 Å². The van der Waals surface area contributed by atoms with Gasteiger partial charge in [0.2, 0.25) is 5.91 Å². The number of aromatic nitrogens is 1. The van der Waals surface area contributed by atoms with Crippen LogP contribution in [0.1, 0.15) is 12.8 Å². The lowest BCUT2D eigenvalue weighted by molar-refractivity contribution is -0.140. The molecule has 21 heavy (non-hydrogen) atoms. The predicted molar refractivity (Wildman–Crippen MR) is 73.6 cm³/mol. The average molecular weight is 311 g/mol. The highest BCUT2D eigenvalue weighted by Gasteiger charge is 2.20. The largest absolute Gasteiger partial charge is 0.451 e. The predicted octanol–water partition coefficient (Wildman–Crippen LogP) is 0.483. The smallest absolute Gasteiger partial charge is 0.355 e. The second-order valence-electron chi connectivity index (χ2n) is 4.06. The molecule has 0 aromatic carbocycles. The molecule has 1 aromatic heterocycles. The lowest BCUT2D eigenvalue weighted by atomic mass is 10.2. The third kappa shape index (κ3) is 4.25. The van der Waals surface area contributed by atoms with Crippen molar-refractivity contribution in [2.24, 2.45) is 5.10 Å². The van der Waals surface area contributed by atoms with E-state index in [0.717, 1.165) is 0 Å². The molecule has 0 fully saturated rings. The van der Waals surface area contributed by atoms with Crippen LogP contribution in [-0.4, -0.2) is 35.1 Å². The van der Waals surface area contributed by atoms with Gasteiger partial charge in [-0.15, -0.1) is 0 Å². The third-order valence-electron chi connectivity index (χ3n) is 2.51. The molecule has 8 nitrogen and oxygen atoms in total. The van der Waals surface area contributed by atoms with Gasteiger partial charge in [0.25, 0.3) is 5.91 Å². The fourth-order valence-electron chi connectivity index (χ4n) is 1.50. The first-order valence-electron chi connectivity index (χ1n) is 5.99. The van der Waals surface area contributed by atoms with E-state index in [9.17, 15) is 14.4 Å². The van der Waals surface area contributed by atoms with E-state index < -0.39 is 18.5 Å². The molecular weight excluding hydrogens is 300 g/mol. The van der Waals surface area contributed by atoms with Crippen LogP contribution < -0.4 is 10.7 Å². The molecule has 0 unspecified atom stereocenters. The zero-order chi connectivity index (χ0) is 15.2. The number of carbonyl (C=O) groups is 3. The van der Waals surface area contributed by atoms with Crippen LogP contribution >= 0.6 is 11.6 Å². The van der Waals surface area contributed by atoms with E-state index in [1.54, 1.807) is 12.1 Å². The fraction of sp³-hybridized carbons (Fsp3) is 0.250. The number of pyridine rings is 1. The van der Waals surface area contributed by atoms with Crippen molar-refractivity contribution in [1.29, 1.82) is 0 Å². The van der Waals surface area contributed by atoms with Crippen LogP contribution in [0.2, 0.25) is 5.15 Å². The van der Waals surface area contributed by atoms with Gasteiger partial charge in [-0.2, -0.15) is 5.10 Å². The maximum atomic E-state index is 11.6. The SMILES string of the molecule is O=C1CCC(C(=O)OCC(=O)Nc2cccnc2Cl)=NN1. The van der Waals surface area contributed by atoms with Gasteiger partial charge in [-0.1, -0.05) is 11.6 Å². The molecule has 110 valence electrons. The third-order valence-corrected chi connectivity index (χ3v) is 2.81. The van der Waals surface area contributed by atoms with E-state index in [1.807, 2.05) is 0 Å². The number of ether oxygens (including phenoxy) is 1. The molecule has 1 aliphatic rings. The first-order chi connectivity index (χ1) is 10.1. The number of halogens is 1. The maximum Gasteiger partial charge on any atom is 0.355 e. The van der Waals surface area contributed by atoms with E-state index in [2.05, 4.69) is 20.8 Å². The minimum absolute atomic E-state index is 0.0711. The standard InChI is InChI=1S/C12H11ClN4O4/c13-11-7(2-1-5-14-11)15-10(19)6-21-12(20)8-3-4-9(18)17-16-8/h1-2,5H,3-4,6H2,(H,15,19)(H,17,18). The molecular formula is C12H11ClN4O4. The van der Waals surface area contributed by atoms with Gasteiger partial charge >= 0.3 is 5.97 Å². The van der Waals surface area contributed by atoms with Crippen LogP contribution in [-0.2, 0) is 19.1 Å². The molecule has 0 spiro atoms. The highest BCUT2D eigenvalue weighted by Crippen LogP contribution is 2.17. The summed E-state index contributed by atoms with van der Waals surface area (Å²) in [7, 11) is 0. The summed E-state index contributed by atoms with van der Waals surface area (Å²) in [5, 5.41) is 6.16. The van der Waals surface area contributed by atoms with Gasteiger partial charge in [-0.25, -0.2) is 15.2 Å². The number of nitrogens with zero attached hydrogens (tertiary/aromatic N) is 2. The lowest BCUT2D eigenvalue weighted by Gasteiger charge is -2.11. The molecule has 0 bridgehead atoms. The average Bonchev–Trinajstić information content (AvgIpc) is 2.48. The van der Waals surface area contributed by atoms with Crippen molar-refractivity contribution in [3.05, 3.63) is 23.5 Å². The summed E-state index contributed by atoms with van der Waals surface area (Å²) in [6, 6.07) is 3.17. The molecule has 0 saturated carbocycles. The second-order valence-corrected chi connectivity index (χ2v) is 4.42. The van der Waals surface area contributed by atoms with Crippen molar-refractivity contribution in [1.82, 2.24) is 10.4 Å². The molecule has 2 heterocycles. The van der Waals surface area contributed by atoms with Crippen LogP contribution in [0.5, 0.6) is 0 Å². The number of anilines is 1. The summed E-state index contributed by atoms with van der Waals surface area (Å²) in [6.45, 7) is -0.489. The summed E-state index contributed by atoms with van der Waals surface area (Å²) in [5.74, 6) is -1.57. The summed E-state index contributed by atoms with van der Waals surface area (Å²) in [5.41, 5.74) is 2.56. The molecule has 0 saturated heterocycles. The van der Waals surface area contributed by atoms with Crippen LogP contribution in [0, 0.1) is 0 Å². The van der Waals surface area contributed by atoms with Crippen LogP contribution in [0.25, 0.3) is 0 Å². The molecule has 2 rings (SSSR count). The molecule has 9 heteroatoms. The molecule has 2 N–H and O–H groups in total. The first-order valence-corrected chi connectivity index (χ1v) is 6.37. The van der Waals surface area contributed by atoms with E-state index in [4.69, 9.17) is 16.3 Å². The fourth-order valence-corrected chi connectivity index (χ4v) is 1.67. The summed E-state index contributed by atoms with van der Waals surface area (Å²) in [4.78, 5) is 37.9. The van der Waals surface area contributed by atoms with Gasteiger partial charge < -0.3 is 10.1 Å². The number of esters is 1. The Hall–Kier alpha value is -2.48. The molecule has 1 aliphatic heterocycles. The second kappa shape index (κ2) is 6.80. The highest BCUT2D eigenvalue weighted by molar-refractivity contribution is 6.37. The Morgan fingerprint density at radius 3 is 2.90 bits per heavy atom. The zero-order valence-electron chi connectivity index (χ0n) is 10.8. The Bertz CT molecular complexity index is 617. The van der Waals surface area contributed by atoms with Crippen molar-refractivity contribution >= 4 is 40.8 Å². The normalized spacial score (nSPS) is 14.0. The van der Waals surface area contributed by atoms with E-state index in [0.29, 0.717) is 5.69 Å². The van der Waals surface area contributed by atoms with Crippen molar-refractivity contribution in [2.75, 3.05) is 11.9 Å². The first kappa shape index (κ1) is 14.9. The monoisotopic (exact) mass is 310 g/mol. The van der Waals surface area contributed by atoms with Crippen LogP contribution in [0.3, 0.4) is 0 Å². The van der Waals surface area contributed by atoms with Gasteiger partial charge in [0.05, 0.1) is 5.69 Å². The number of hydrazone groups is 1. The summed E-state index contributed by atoms with van der Waals surface area (Å²) < 4.78 is 4.79. The number of nitrogens with one attached hydrogen (secondary N) is 2. The summed E-state index contributed by atoms with van der Waals surface area (Å²) in [6.07, 6.45) is 1.82. The van der Waals surface area contributed by atoms with E-state index in [-0.39, 0.29) is 29.6 Å². The Labute approximate surface area is 124 Å². The lowest BCUT2D eigenvalue weighted by Crippen LogP contribution is -2.32. The zero-order valence-corrected chi connectivity index (χ0v) is 11.5. The number of carbonyl (C=O) groups excluding carboxylic acids is 3. The van der Waals surface area contributed by atoms with Crippen LogP contribution in [0.4, 0.5) is 5.69 Å². The number of hydrogen-bond acceptors (Lipinski definition) is 6. The van der Waals surface area contributed by atoms with E-state index in [1.165, 1.54) is 6.20 Å². The molecule has 0 radical (unpaired) electrons. The van der Waals surface area contributed by atoms with Gasteiger partial charge in [0.15, 0.2) is 11.8 Å². The minimum atomic E-state index is -0.748. The number of amides is 2. The highest BCUT2D eigenvalue weighted by atomic mass is 35.5. The Morgan fingerprint density at radius 2 is 2.24 bits per heavy atom. The van der Waals surface area contributed by atoms with Gasteiger partial charge in [-0.3, -0.25) is 9.59 Å². The van der Waals surface area contributed by atoms with Gasteiger partial charge in [0, 0.05) is 19.0 Å². The van der Waals surface area contributed by atoms with E-state index >= 15 is 0 Å². The Morgan fingerprint density at radius 1 is 1.43 bits per heavy atom. The topological polar surface area (TPSA) is 110 Å². The number of rotatable bonds is 4. The molecule has 1 aromatic rings. The summed E-state index contributed by atoms with van der Waals surface area (Å²) >= 11 is 5.77. The minimum Gasteiger partial charge on any atom is -0.451 e. The van der Waals surface area contributed by atoms with Crippen molar-refractivity contribution in [2.45, 2.75) is 12.8 Å². The van der Waals surface area contributed by atoms with Gasteiger partial charge in [0.1, 0.15) is 5.71 Å².